The minimum absolute atomic E-state index is 0.577. The van der Waals surface area contributed by atoms with Crippen molar-refractivity contribution in [1.82, 2.24) is 5.32 Å². The number of hydrogen-bond acceptors (Lipinski definition) is 1. The summed E-state index contributed by atoms with van der Waals surface area (Å²) in [5.41, 5.74) is 1.22. The molecule has 2 atom stereocenters. The van der Waals surface area contributed by atoms with Gasteiger partial charge < -0.3 is 5.32 Å². The molecule has 0 radical (unpaired) electrons. The molecular formula is C17H33N. The summed E-state index contributed by atoms with van der Waals surface area (Å²) in [4.78, 5) is 0. The normalized spacial score (nSPS) is 34.7. The van der Waals surface area contributed by atoms with Crippen molar-refractivity contribution in [2.45, 2.75) is 85.1 Å². The molecule has 1 heteroatoms. The fourth-order valence-corrected chi connectivity index (χ4v) is 4.38. The third-order valence-electron chi connectivity index (χ3n) is 5.85. The molecule has 2 rings (SSSR count). The summed E-state index contributed by atoms with van der Waals surface area (Å²) in [7, 11) is 0. The fourth-order valence-electron chi connectivity index (χ4n) is 4.38. The highest BCUT2D eigenvalue weighted by atomic mass is 14.9. The minimum atomic E-state index is 0.577. The van der Waals surface area contributed by atoms with Crippen LogP contribution in [0.15, 0.2) is 0 Å². The molecule has 2 saturated carbocycles. The van der Waals surface area contributed by atoms with E-state index in [1.54, 1.807) is 0 Å². The first kappa shape index (κ1) is 14.4. The molecule has 2 aliphatic carbocycles. The lowest BCUT2D eigenvalue weighted by Crippen LogP contribution is -2.45. The van der Waals surface area contributed by atoms with Gasteiger partial charge in [0.25, 0.3) is 0 Å². The molecule has 0 spiro atoms. The predicted molar refractivity (Wildman–Crippen MR) is 79.8 cm³/mol. The molecule has 0 saturated heterocycles. The third-order valence-corrected chi connectivity index (χ3v) is 5.85. The zero-order chi connectivity index (χ0) is 13.2. The Hall–Kier alpha value is -0.0400. The standard InChI is InChI=1S/C17H33N/c1-5-17(9-6-7-10-17)13-18-15-8-11-16(3,4)12-14(15)2/h14-15,18H,5-13H2,1-4H3. The monoisotopic (exact) mass is 251 g/mol. The second-order valence-corrected chi connectivity index (χ2v) is 7.93. The zero-order valence-corrected chi connectivity index (χ0v) is 13.0. The van der Waals surface area contributed by atoms with E-state index in [1.807, 2.05) is 0 Å². The number of rotatable bonds is 4. The van der Waals surface area contributed by atoms with Gasteiger partial charge in [0.05, 0.1) is 0 Å². The maximum atomic E-state index is 3.94. The second-order valence-electron chi connectivity index (χ2n) is 7.93. The molecule has 1 nitrogen and oxygen atoms in total. The molecule has 0 aromatic carbocycles. The van der Waals surface area contributed by atoms with Crippen LogP contribution in [0, 0.1) is 16.7 Å². The van der Waals surface area contributed by atoms with Gasteiger partial charge in [0.1, 0.15) is 0 Å². The Morgan fingerprint density at radius 2 is 1.78 bits per heavy atom. The first-order valence-electron chi connectivity index (χ1n) is 8.20. The molecule has 106 valence electrons. The summed E-state index contributed by atoms with van der Waals surface area (Å²) in [6.45, 7) is 11.0. The molecule has 0 amide bonds. The Morgan fingerprint density at radius 3 is 2.33 bits per heavy atom. The molecule has 1 N–H and O–H groups in total. The highest BCUT2D eigenvalue weighted by Gasteiger charge is 2.35. The van der Waals surface area contributed by atoms with Gasteiger partial charge >= 0.3 is 0 Å². The van der Waals surface area contributed by atoms with Crippen LogP contribution in [0.3, 0.4) is 0 Å². The van der Waals surface area contributed by atoms with Crippen LogP contribution in [-0.2, 0) is 0 Å². The molecular weight excluding hydrogens is 218 g/mol. The van der Waals surface area contributed by atoms with Crippen LogP contribution >= 0.6 is 0 Å². The van der Waals surface area contributed by atoms with E-state index in [2.05, 4.69) is 33.0 Å². The summed E-state index contributed by atoms with van der Waals surface area (Å²) >= 11 is 0. The predicted octanol–water partition coefficient (Wildman–Crippen LogP) is 4.76. The summed E-state index contributed by atoms with van der Waals surface area (Å²) in [5, 5.41) is 3.94. The van der Waals surface area contributed by atoms with Gasteiger partial charge in [0.2, 0.25) is 0 Å². The fraction of sp³-hybridized carbons (Fsp3) is 1.00. The van der Waals surface area contributed by atoms with Crippen molar-refractivity contribution >= 4 is 0 Å². The van der Waals surface area contributed by atoms with E-state index < -0.39 is 0 Å². The molecule has 0 bridgehead atoms. The van der Waals surface area contributed by atoms with E-state index >= 15 is 0 Å². The van der Waals surface area contributed by atoms with E-state index in [0.29, 0.717) is 10.8 Å². The smallest absolute Gasteiger partial charge is 0.00933 e. The molecule has 0 aromatic rings. The van der Waals surface area contributed by atoms with E-state index in [-0.39, 0.29) is 0 Å². The van der Waals surface area contributed by atoms with Crippen LogP contribution < -0.4 is 5.32 Å². The van der Waals surface area contributed by atoms with Crippen LogP contribution in [0.1, 0.15) is 79.1 Å². The van der Waals surface area contributed by atoms with Crippen molar-refractivity contribution in [3.63, 3.8) is 0 Å². The highest BCUT2D eigenvalue weighted by Crippen LogP contribution is 2.42. The van der Waals surface area contributed by atoms with Gasteiger partial charge in [-0.25, -0.2) is 0 Å². The molecule has 2 fully saturated rings. The second kappa shape index (κ2) is 5.53. The van der Waals surface area contributed by atoms with Crippen molar-refractivity contribution in [3.8, 4) is 0 Å². The van der Waals surface area contributed by atoms with Crippen LogP contribution in [0.4, 0.5) is 0 Å². The van der Waals surface area contributed by atoms with E-state index in [0.717, 1.165) is 12.0 Å². The van der Waals surface area contributed by atoms with Crippen molar-refractivity contribution in [2.24, 2.45) is 16.7 Å². The average molecular weight is 251 g/mol. The van der Waals surface area contributed by atoms with Gasteiger partial charge in [-0.15, -0.1) is 0 Å². The van der Waals surface area contributed by atoms with Crippen LogP contribution in [0.2, 0.25) is 0 Å². The average Bonchev–Trinajstić information content (AvgIpc) is 2.76. The Balaban J connectivity index is 1.83. The first-order valence-corrected chi connectivity index (χ1v) is 8.20. The van der Waals surface area contributed by atoms with E-state index in [1.165, 1.54) is 57.9 Å². The molecule has 2 aliphatic rings. The lowest BCUT2D eigenvalue weighted by molar-refractivity contribution is 0.135. The van der Waals surface area contributed by atoms with Gasteiger partial charge in [0.15, 0.2) is 0 Å². The molecule has 2 unspecified atom stereocenters. The van der Waals surface area contributed by atoms with Gasteiger partial charge in [-0.2, -0.15) is 0 Å². The molecule has 0 aromatic heterocycles. The van der Waals surface area contributed by atoms with Crippen molar-refractivity contribution in [3.05, 3.63) is 0 Å². The van der Waals surface area contributed by atoms with Gasteiger partial charge in [-0.05, 0) is 55.3 Å². The highest BCUT2D eigenvalue weighted by molar-refractivity contribution is 4.91. The Labute approximate surface area is 114 Å². The molecule has 0 heterocycles. The van der Waals surface area contributed by atoms with Crippen molar-refractivity contribution in [1.29, 1.82) is 0 Å². The number of hydrogen-bond donors (Lipinski definition) is 1. The first-order chi connectivity index (χ1) is 8.46. The summed E-state index contributed by atoms with van der Waals surface area (Å²) < 4.78 is 0. The maximum Gasteiger partial charge on any atom is 0.00933 e. The van der Waals surface area contributed by atoms with Gasteiger partial charge in [-0.3, -0.25) is 0 Å². The Morgan fingerprint density at radius 1 is 1.11 bits per heavy atom. The van der Waals surface area contributed by atoms with E-state index in [9.17, 15) is 0 Å². The third kappa shape index (κ3) is 3.29. The van der Waals surface area contributed by atoms with E-state index in [4.69, 9.17) is 0 Å². The molecule has 0 aliphatic heterocycles. The Kier molecular flexibility index (Phi) is 4.41. The van der Waals surface area contributed by atoms with Crippen LogP contribution in [0.25, 0.3) is 0 Å². The molecule has 18 heavy (non-hydrogen) atoms. The lowest BCUT2D eigenvalue weighted by atomic mass is 9.70. The number of nitrogens with one attached hydrogen (secondary N) is 1. The summed E-state index contributed by atoms with van der Waals surface area (Å²) in [6.07, 6.45) is 11.4. The van der Waals surface area contributed by atoms with Crippen molar-refractivity contribution < 1.29 is 0 Å². The largest absolute Gasteiger partial charge is 0.313 e. The van der Waals surface area contributed by atoms with Crippen LogP contribution in [0.5, 0.6) is 0 Å². The van der Waals surface area contributed by atoms with Crippen molar-refractivity contribution in [2.75, 3.05) is 6.54 Å². The summed E-state index contributed by atoms with van der Waals surface area (Å²) in [6, 6.07) is 0.780. The zero-order valence-electron chi connectivity index (χ0n) is 13.0. The minimum Gasteiger partial charge on any atom is -0.313 e. The lowest BCUT2D eigenvalue weighted by Gasteiger charge is -2.41. The van der Waals surface area contributed by atoms with Gasteiger partial charge in [-0.1, -0.05) is 40.5 Å². The quantitative estimate of drug-likeness (QED) is 0.759. The van der Waals surface area contributed by atoms with Gasteiger partial charge in [0, 0.05) is 12.6 Å². The Bertz CT molecular complexity index is 263. The van der Waals surface area contributed by atoms with Crippen LogP contribution in [-0.4, -0.2) is 12.6 Å². The summed E-state index contributed by atoms with van der Waals surface area (Å²) in [5.74, 6) is 0.851. The maximum absolute atomic E-state index is 3.94. The SMILES string of the molecule is CCC1(CNC2CCC(C)(C)CC2C)CCCC1. The topological polar surface area (TPSA) is 12.0 Å².